The van der Waals surface area contributed by atoms with E-state index in [0.29, 0.717) is 10.7 Å². The van der Waals surface area contributed by atoms with Crippen molar-refractivity contribution in [3.8, 4) is 5.69 Å². The third kappa shape index (κ3) is 4.19. The maximum absolute atomic E-state index is 12.8. The highest BCUT2D eigenvalue weighted by Crippen LogP contribution is 2.34. The van der Waals surface area contributed by atoms with Crippen molar-refractivity contribution in [3.63, 3.8) is 0 Å². The van der Waals surface area contributed by atoms with Crippen molar-refractivity contribution in [2.45, 2.75) is 24.1 Å². The number of halogens is 1. The zero-order valence-electron chi connectivity index (χ0n) is 16.2. The van der Waals surface area contributed by atoms with Crippen LogP contribution in [0.1, 0.15) is 12.5 Å². The Morgan fingerprint density at radius 3 is 2.48 bits per heavy atom. The number of rotatable bonds is 5. The maximum Gasteiger partial charge on any atom is 0.237 e. The molecule has 29 heavy (non-hydrogen) atoms. The number of aryl methyl sites for hydroxylation is 1. The van der Waals surface area contributed by atoms with Gasteiger partial charge in [-0.05, 0) is 55.8 Å². The van der Waals surface area contributed by atoms with Crippen LogP contribution in [0.5, 0.6) is 0 Å². The van der Waals surface area contributed by atoms with Gasteiger partial charge in [0.05, 0.1) is 26.5 Å². The van der Waals surface area contributed by atoms with E-state index in [4.69, 9.17) is 11.6 Å². The molecule has 3 nitrogen and oxygen atoms in total. The molecule has 5 heteroatoms. The molecular formula is C24H21ClN2OS. The molecule has 0 saturated carbocycles. The summed E-state index contributed by atoms with van der Waals surface area (Å²) in [6, 6.07) is 26.2. The van der Waals surface area contributed by atoms with E-state index in [1.165, 1.54) is 11.8 Å². The van der Waals surface area contributed by atoms with Gasteiger partial charge in [-0.1, -0.05) is 65.8 Å². The number of anilines is 1. The molecule has 0 saturated heterocycles. The fourth-order valence-corrected chi connectivity index (χ4v) is 4.56. The summed E-state index contributed by atoms with van der Waals surface area (Å²) in [4.78, 5) is 12.8. The SMILES string of the molecule is Cc1ccc(NC(=O)C(C)Sc2cc3ccccc3n2-c2ccccc2)c(Cl)c1. The van der Waals surface area contributed by atoms with Crippen LogP contribution in [-0.2, 0) is 4.79 Å². The molecule has 4 rings (SSSR count). The zero-order valence-corrected chi connectivity index (χ0v) is 17.8. The number of hydrogen-bond acceptors (Lipinski definition) is 2. The van der Waals surface area contributed by atoms with Crippen LogP contribution in [0.3, 0.4) is 0 Å². The Labute approximate surface area is 179 Å². The van der Waals surface area contributed by atoms with Crippen LogP contribution in [0.4, 0.5) is 5.69 Å². The first-order chi connectivity index (χ1) is 14.0. The molecule has 1 atom stereocenters. The van der Waals surface area contributed by atoms with E-state index in [-0.39, 0.29) is 11.2 Å². The van der Waals surface area contributed by atoms with Crippen LogP contribution in [0.15, 0.2) is 83.9 Å². The number of nitrogens with one attached hydrogen (secondary N) is 1. The Bertz CT molecular complexity index is 1170. The molecule has 0 bridgehead atoms. The lowest BCUT2D eigenvalue weighted by Crippen LogP contribution is -2.22. The Hall–Kier alpha value is -2.69. The fourth-order valence-electron chi connectivity index (χ4n) is 3.25. The van der Waals surface area contributed by atoms with E-state index < -0.39 is 0 Å². The molecule has 0 radical (unpaired) electrons. The summed E-state index contributed by atoms with van der Waals surface area (Å²) in [7, 11) is 0. The topological polar surface area (TPSA) is 34.0 Å². The van der Waals surface area contributed by atoms with Gasteiger partial charge in [-0.3, -0.25) is 4.79 Å². The van der Waals surface area contributed by atoms with Crippen molar-refractivity contribution < 1.29 is 4.79 Å². The quantitative estimate of drug-likeness (QED) is 0.364. The van der Waals surface area contributed by atoms with Gasteiger partial charge in [-0.2, -0.15) is 0 Å². The monoisotopic (exact) mass is 420 g/mol. The lowest BCUT2D eigenvalue weighted by atomic mass is 10.2. The summed E-state index contributed by atoms with van der Waals surface area (Å²) in [6.45, 7) is 3.88. The van der Waals surface area contributed by atoms with Gasteiger partial charge >= 0.3 is 0 Å². The van der Waals surface area contributed by atoms with Crippen LogP contribution in [-0.4, -0.2) is 15.7 Å². The van der Waals surface area contributed by atoms with Gasteiger partial charge in [0, 0.05) is 11.1 Å². The Balaban J connectivity index is 1.62. The summed E-state index contributed by atoms with van der Waals surface area (Å²) in [5.74, 6) is -0.0781. The first kappa shape index (κ1) is 19.6. The van der Waals surface area contributed by atoms with E-state index in [1.54, 1.807) is 0 Å². The third-order valence-corrected chi connectivity index (χ3v) is 6.16. The minimum Gasteiger partial charge on any atom is -0.324 e. The number of thioether (sulfide) groups is 1. The van der Waals surface area contributed by atoms with Gasteiger partial charge in [-0.25, -0.2) is 0 Å². The smallest absolute Gasteiger partial charge is 0.237 e. The molecule has 0 aliphatic heterocycles. The van der Waals surface area contributed by atoms with Crippen molar-refractivity contribution in [3.05, 3.63) is 89.4 Å². The van der Waals surface area contributed by atoms with E-state index in [1.807, 2.05) is 62.4 Å². The molecule has 0 fully saturated rings. The van der Waals surface area contributed by atoms with Gasteiger partial charge in [0.1, 0.15) is 0 Å². The summed E-state index contributed by atoms with van der Waals surface area (Å²) in [5.41, 5.74) is 3.89. The standard InChI is InChI=1S/C24H21ClN2OS/c1-16-12-13-21(20(25)14-16)26-24(28)17(2)29-23-15-18-8-6-7-11-22(18)27(23)19-9-4-3-5-10-19/h3-15,17H,1-2H3,(H,26,28). The molecule has 1 N–H and O–H groups in total. The largest absolute Gasteiger partial charge is 0.324 e. The van der Waals surface area contributed by atoms with E-state index in [9.17, 15) is 4.79 Å². The molecule has 0 aliphatic carbocycles. The number of hydrogen-bond donors (Lipinski definition) is 1. The number of aromatic nitrogens is 1. The summed E-state index contributed by atoms with van der Waals surface area (Å²) >= 11 is 7.81. The van der Waals surface area contributed by atoms with Crippen molar-refractivity contribution in [1.29, 1.82) is 0 Å². The lowest BCUT2D eigenvalue weighted by molar-refractivity contribution is -0.115. The zero-order chi connectivity index (χ0) is 20.4. The van der Waals surface area contributed by atoms with Crippen molar-refractivity contribution >= 4 is 45.9 Å². The molecule has 146 valence electrons. The average Bonchev–Trinajstić information content (AvgIpc) is 3.08. The Kier molecular flexibility index (Phi) is 5.65. The molecule has 1 amide bonds. The van der Waals surface area contributed by atoms with E-state index >= 15 is 0 Å². The Morgan fingerprint density at radius 2 is 1.72 bits per heavy atom. The summed E-state index contributed by atoms with van der Waals surface area (Å²) < 4.78 is 2.20. The fraction of sp³-hybridized carbons (Fsp3) is 0.125. The van der Waals surface area contributed by atoms with Crippen LogP contribution in [0.25, 0.3) is 16.6 Å². The second-order valence-corrected chi connectivity index (χ2v) is 8.71. The van der Waals surface area contributed by atoms with Crippen LogP contribution in [0.2, 0.25) is 5.02 Å². The van der Waals surface area contributed by atoms with Gasteiger partial charge in [-0.15, -0.1) is 0 Å². The van der Waals surface area contributed by atoms with Crippen LogP contribution >= 0.6 is 23.4 Å². The number of benzene rings is 3. The van der Waals surface area contributed by atoms with E-state index in [0.717, 1.165) is 27.2 Å². The van der Waals surface area contributed by atoms with Gasteiger partial charge in [0.25, 0.3) is 0 Å². The minimum absolute atomic E-state index is 0.0781. The molecule has 0 aliphatic rings. The highest BCUT2D eigenvalue weighted by Gasteiger charge is 2.19. The predicted octanol–water partition coefficient (Wildman–Crippen LogP) is 6.71. The first-order valence-corrected chi connectivity index (χ1v) is 10.7. The van der Waals surface area contributed by atoms with Gasteiger partial charge < -0.3 is 9.88 Å². The molecule has 1 unspecified atom stereocenters. The maximum atomic E-state index is 12.8. The molecular weight excluding hydrogens is 400 g/mol. The number of carbonyl (C=O) groups excluding carboxylic acids is 1. The van der Waals surface area contributed by atoms with Crippen molar-refractivity contribution in [1.82, 2.24) is 4.57 Å². The van der Waals surface area contributed by atoms with Crippen LogP contribution in [0, 0.1) is 6.92 Å². The number of para-hydroxylation sites is 2. The number of carbonyl (C=O) groups is 1. The summed E-state index contributed by atoms with van der Waals surface area (Å²) in [5, 5.41) is 5.38. The van der Waals surface area contributed by atoms with Crippen molar-refractivity contribution in [2.75, 3.05) is 5.32 Å². The van der Waals surface area contributed by atoms with Crippen molar-refractivity contribution in [2.24, 2.45) is 0 Å². The second kappa shape index (κ2) is 8.36. The third-order valence-electron chi connectivity index (χ3n) is 4.74. The second-order valence-electron chi connectivity index (χ2n) is 6.94. The molecule has 3 aromatic carbocycles. The average molecular weight is 421 g/mol. The lowest BCUT2D eigenvalue weighted by Gasteiger charge is -2.15. The highest BCUT2D eigenvalue weighted by atomic mass is 35.5. The number of nitrogens with zero attached hydrogens (tertiary/aromatic N) is 1. The number of amides is 1. The first-order valence-electron chi connectivity index (χ1n) is 9.42. The minimum atomic E-state index is -0.292. The number of fused-ring (bicyclic) bond motifs is 1. The van der Waals surface area contributed by atoms with E-state index in [2.05, 4.69) is 40.2 Å². The van der Waals surface area contributed by atoms with Gasteiger partial charge in [0.15, 0.2) is 0 Å². The molecule has 0 spiro atoms. The Morgan fingerprint density at radius 1 is 1.00 bits per heavy atom. The molecule has 1 heterocycles. The predicted molar refractivity (Wildman–Crippen MR) is 123 cm³/mol. The van der Waals surface area contributed by atoms with Gasteiger partial charge in [0.2, 0.25) is 5.91 Å². The normalized spacial score (nSPS) is 12.1. The van der Waals surface area contributed by atoms with Crippen LogP contribution < -0.4 is 5.32 Å². The molecule has 4 aromatic rings. The summed E-state index contributed by atoms with van der Waals surface area (Å²) in [6.07, 6.45) is 0. The highest BCUT2D eigenvalue weighted by molar-refractivity contribution is 8.00. The molecule has 1 aromatic heterocycles.